The molecule has 0 radical (unpaired) electrons. The Balaban J connectivity index is 2.18. The number of fused-ring (bicyclic) bond motifs is 1. The molecule has 100 valence electrons. The smallest absolute Gasteiger partial charge is 0.136 e. The van der Waals surface area contributed by atoms with E-state index in [4.69, 9.17) is 4.74 Å². The van der Waals surface area contributed by atoms with Gasteiger partial charge in [-0.3, -0.25) is 0 Å². The van der Waals surface area contributed by atoms with Crippen LogP contribution in [0, 0.1) is 0 Å². The van der Waals surface area contributed by atoms with E-state index in [1.165, 1.54) is 0 Å². The van der Waals surface area contributed by atoms with Gasteiger partial charge in [0.2, 0.25) is 0 Å². The summed E-state index contributed by atoms with van der Waals surface area (Å²) < 4.78 is 18.3. The molecule has 0 spiro atoms. The maximum atomic E-state index is 12.9. The zero-order valence-electron chi connectivity index (χ0n) is 11.2. The first-order valence-electron chi connectivity index (χ1n) is 6.47. The van der Waals surface area contributed by atoms with E-state index in [0.717, 1.165) is 21.4 Å². The van der Waals surface area contributed by atoms with Gasteiger partial charge in [-0.05, 0) is 22.9 Å². The zero-order valence-corrected chi connectivity index (χ0v) is 12.2. The Hall–Kier alpha value is -2.05. The molecule has 0 N–H and O–H groups in total. The maximum Gasteiger partial charge on any atom is 0.136 e. The zero-order chi connectivity index (χ0) is 13.9. The van der Waals surface area contributed by atoms with Gasteiger partial charge in [-0.2, -0.15) is 0 Å². The third-order valence-corrected chi connectivity index (χ3v) is 5.21. The van der Waals surface area contributed by atoms with E-state index >= 15 is 0 Å². The number of hydrogen-bond acceptors (Lipinski definition) is 2. The summed E-state index contributed by atoms with van der Waals surface area (Å²) in [5.74, 6) is 0.685. The molecule has 0 saturated heterocycles. The highest BCUT2D eigenvalue weighted by Crippen LogP contribution is 2.28. The van der Waals surface area contributed by atoms with Crippen molar-refractivity contribution >= 4 is 29.2 Å². The molecule has 0 saturated carbocycles. The predicted molar refractivity (Wildman–Crippen MR) is 85.2 cm³/mol. The first-order valence-corrected chi connectivity index (χ1v) is 7.87. The van der Waals surface area contributed by atoms with Gasteiger partial charge in [0.25, 0.3) is 0 Å². The number of hydrogen-bond donors (Lipinski definition) is 0. The molecule has 3 heteroatoms. The Morgan fingerprint density at radius 2 is 1.45 bits per heavy atom. The average Bonchev–Trinajstić information content (AvgIpc) is 2.53. The minimum Gasteiger partial charge on any atom is -0.496 e. The molecular weight excluding hydrogens is 267 g/mol. The van der Waals surface area contributed by atoms with Crippen LogP contribution in [0.25, 0.3) is 10.8 Å². The second-order valence-electron chi connectivity index (χ2n) is 4.56. The summed E-state index contributed by atoms with van der Waals surface area (Å²) in [6.45, 7) is 0. The van der Waals surface area contributed by atoms with Crippen LogP contribution in [-0.4, -0.2) is 7.11 Å². The summed E-state index contributed by atoms with van der Waals surface area (Å²) in [6, 6.07) is 21.5. The Morgan fingerprint density at radius 3 is 2.30 bits per heavy atom. The van der Waals surface area contributed by atoms with Gasteiger partial charge >= 0.3 is 0 Å². The largest absolute Gasteiger partial charge is 0.496 e. The second-order valence-corrected chi connectivity index (χ2v) is 6.29. The fourth-order valence-electron chi connectivity index (χ4n) is 2.40. The Labute approximate surface area is 118 Å². The number of para-hydroxylation sites is 1. The molecule has 1 unspecified atom stereocenters. The van der Waals surface area contributed by atoms with Gasteiger partial charge in [-0.25, -0.2) is 0 Å². The van der Waals surface area contributed by atoms with Crippen LogP contribution in [0.15, 0.2) is 66.7 Å². The van der Waals surface area contributed by atoms with Crippen LogP contribution >= 0.6 is 7.80 Å². The fourth-order valence-corrected chi connectivity index (χ4v) is 4.07. The number of ether oxygens (including phenoxy) is 1. The number of methoxy groups -OCH3 is 1. The summed E-state index contributed by atoms with van der Waals surface area (Å²) in [7, 11) is -0.478. The van der Waals surface area contributed by atoms with E-state index in [1.807, 2.05) is 66.7 Å². The van der Waals surface area contributed by atoms with Gasteiger partial charge < -0.3 is 9.30 Å². The molecule has 3 aromatic rings. The molecule has 0 aromatic heterocycles. The highest BCUT2D eigenvalue weighted by Gasteiger charge is 2.14. The Kier molecular flexibility index (Phi) is 3.58. The van der Waals surface area contributed by atoms with Crippen LogP contribution < -0.4 is 15.3 Å². The minimum atomic E-state index is -2.09. The molecule has 0 fully saturated rings. The molecule has 0 aliphatic carbocycles. The first kappa shape index (κ1) is 13.0. The molecule has 3 rings (SSSR count). The summed E-state index contributed by atoms with van der Waals surface area (Å²) in [5.41, 5.74) is 0. The van der Waals surface area contributed by atoms with E-state index in [2.05, 4.69) is 0 Å². The Bertz CT molecular complexity index is 775. The summed E-state index contributed by atoms with van der Waals surface area (Å²) in [5, 5.41) is 3.82. The Morgan fingerprint density at radius 1 is 0.800 bits per heavy atom. The van der Waals surface area contributed by atoms with E-state index < -0.39 is 7.80 Å². The summed E-state index contributed by atoms with van der Waals surface area (Å²) in [6.07, 6.45) is 0. The lowest BCUT2D eigenvalue weighted by Crippen LogP contribution is -2.10. The quantitative estimate of drug-likeness (QED) is 0.689. The highest BCUT2D eigenvalue weighted by molar-refractivity contribution is 7.62. The fraction of sp³-hybridized carbons (Fsp3) is 0.0588. The molecule has 0 aliphatic rings. The molecule has 0 heterocycles. The molecule has 20 heavy (non-hydrogen) atoms. The summed E-state index contributed by atoms with van der Waals surface area (Å²) >= 11 is 0. The molecule has 3 aromatic carbocycles. The van der Waals surface area contributed by atoms with E-state index in [-0.39, 0.29) is 0 Å². The SMILES string of the molecule is COc1ccccc1[PH](=O)c1cccc2ccccc12. The molecular formula is C17H15O2P. The van der Waals surface area contributed by atoms with E-state index in [1.54, 1.807) is 7.11 Å². The van der Waals surface area contributed by atoms with E-state index in [9.17, 15) is 4.57 Å². The molecule has 0 aliphatic heterocycles. The number of rotatable bonds is 3. The van der Waals surface area contributed by atoms with Crippen molar-refractivity contribution in [2.75, 3.05) is 7.11 Å². The third kappa shape index (κ3) is 2.23. The lowest BCUT2D eigenvalue weighted by molar-refractivity contribution is 0.418. The van der Waals surface area contributed by atoms with Gasteiger partial charge in [0.1, 0.15) is 13.6 Å². The van der Waals surface area contributed by atoms with Crippen LogP contribution in [0.5, 0.6) is 5.75 Å². The maximum absolute atomic E-state index is 12.9. The van der Waals surface area contributed by atoms with Crippen molar-refractivity contribution in [2.24, 2.45) is 0 Å². The van der Waals surface area contributed by atoms with Crippen molar-refractivity contribution in [1.29, 1.82) is 0 Å². The molecule has 0 amide bonds. The normalized spacial score (nSPS) is 12.2. The van der Waals surface area contributed by atoms with E-state index in [0.29, 0.717) is 5.75 Å². The first-order chi connectivity index (χ1) is 9.81. The van der Waals surface area contributed by atoms with Crippen molar-refractivity contribution in [1.82, 2.24) is 0 Å². The van der Waals surface area contributed by atoms with Gasteiger partial charge in [0.05, 0.1) is 12.4 Å². The van der Waals surface area contributed by atoms with Crippen LogP contribution in [0.4, 0.5) is 0 Å². The number of benzene rings is 3. The topological polar surface area (TPSA) is 26.3 Å². The van der Waals surface area contributed by atoms with Crippen LogP contribution in [0.1, 0.15) is 0 Å². The van der Waals surface area contributed by atoms with Gasteiger partial charge in [0.15, 0.2) is 0 Å². The highest BCUT2D eigenvalue weighted by atomic mass is 31.1. The van der Waals surface area contributed by atoms with Crippen molar-refractivity contribution < 1.29 is 9.30 Å². The lowest BCUT2D eigenvalue weighted by atomic mass is 10.1. The molecule has 2 nitrogen and oxygen atoms in total. The van der Waals surface area contributed by atoms with Crippen molar-refractivity contribution in [3.63, 3.8) is 0 Å². The standard InChI is InChI=1S/C17H15O2P/c1-19-15-10-4-5-11-17(15)20(18)16-12-6-8-13-7-2-3-9-14(13)16/h2-12,20H,1H3. The average molecular weight is 282 g/mol. The van der Waals surface area contributed by atoms with Gasteiger partial charge in [0, 0.05) is 5.30 Å². The van der Waals surface area contributed by atoms with Crippen molar-refractivity contribution in [2.45, 2.75) is 0 Å². The monoisotopic (exact) mass is 282 g/mol. The third-order valence-electron chi connectivity index (χ3n) is 3.39. The van der Waals surface area contributed by atoms with Crippen LogP contribution in [0.2, 0.25) is 0 Å². The van der Waals surface area contributed by atoms with Gasteiger partial charge in [-0.1, -0.05) is 54.6 Å². The van der Waals surface area contributed by atoms with Crippen molar-refractivity contribution in [3.05, 3.63) is 66.7 Å². The minimum absolute atomic E-state index is 0.685. The van der Waals surface area contributed by atoms with Gasteiger partial charge in [-0.15, -0.1) is 0 Å². The molecule has 0 bridgehead atoms. The van der Waals surface area contributed by atoms with Crippen LogP contribution in [0.3, 0.4) is 0 Å². The second kappa shape index (κ2) is 5.52. The predicted octanol–water partition coefficient (Wildman–Crippen LogP) is 3.36. The lowest BCUT2D eigenvalue weighted by Gasteiger charge is -2.10. The summed E-state index contributed by atoms with van der Waals surface area (Å²) in [4.78, 5) is 0. The molecule has 1 atom stereocenters. The van der Waals surface area contributed by atoms with Crippen LogP contribution in [-0.2, 0) is 4.57 Å². The van der Waals surface area contributed by atoms with Crippen molar-refractivity contribution in [3.8, 4) is 5.75 Å².